The highest BCUT2D eigenvalue weighted by atomic mass is 16.5. The van der Waals surface area contributed by atoms with Gasteiger partial charge in [0.1, 0.15) is 11.5 Å². The number of ether oxygens (including phenoxy) is 1. The Hall–Kier alpha value is -3.34. The number of rotatable bonds is 5. The summed E-state index contributed by atoms with van der Waals surface area (Å²) < 4.78 is 11.2. The molecule has 1 amide bonds. The van der Waals surface area contributed by atoms with E-state index < -0.39 is 0 Å². The summed E-state index contributed by atoms with van der Waals surface area (Å²) in [6.07, 6.45) is 1.96. The van der Waals surface area contributed by atoms with E-state index in [0.29, 0.717) is 36.3 Å². The Kier molecular flexibility index (Phi) is 5.21. The Bertz CT molecular complexity index is 1030. The first kappa shape index (κ1) is 19.0. The van der Waals surface area contributed by atoms with Gasteiger partial charge in [0.2, 0.25) is 0 Å². The zero-order chi connectivity index (χ0) is 20.4. The quantitative estimate of drug-likeness (QED) is 0.619. The lowest BCUT2D eigenvalue weighted by molar-refractivity contribution is 0.0947. The van der Waals surface area contributed by atoms with E-state index in [1.165, 1.54) is 0 Å². The third-order valence-electron chi connectivity index (χ3n) is 5.31. The molecule has 0 saturated heterocycles. The molecule has 0 atom stereocenters. The highest BCUT2D eigenvalue weighted by molar-refractivity contribution is 6.08. The first-order valence-corrected chi connectivity index (χ1v) is 9.74. The Morgan fingerprint density at radius 3 is 2.45 bits per heavy atom. The molecule has 148 valence electrons. The van der Waals surface area contributed by atoms with Crippen LogP contribution in [0.4, 0.5) is 5.69 Å². The van der Waals surface area contributed by atoms with Gasteiger partial charge in [-0.25, -0.2) is 0 Å². The van der Waals surface area contributed by atoms with Crippen LogP contribution in [0, 0.1) is 6.92 Å². The van der Waals surface area contributed by atoms with Crippen LogP contribution in [0.3, 0.4) is 0 Å². The molecule has 0 radical (unpaired) electrons. The molecule has 3 aromatic rings. The van der Waals surface area contributed by atoms with Crippen molar-refractivity contribution in [2.45, 2.75) is 32.7 Å². The summed E-state index contributed by atoms with van der Waals surface area (Å²) >= 11 is 0. The number of ketones is 1. The molecule has 29 heavy (non-hydrogen) atoms. The van der Waals surface area contributed by atoms with Crippen LogP contribution in [-0.2, 0) is 13.0 Å². The van der Waals surface area contributed by atoms with Crippen molar-refractivity contribution in [1.82, 2.24) is 0 Å². The molecular weight excluding hydrogens is 366 g/mol. The molecule has 0 aliphatic heterocycles. The van der Waals surface area contributed by atoms with Gasteiger partial charge in [0.05, 0.1) is 19.2 Å². The number of amides is 1. The first-order valence-electron chi connectivity index (χ1n) is 9.74. The maximum absolute atomic E-state index is 13.5. The fourth-order valence-electron chi connectivity index (χ4n) is 3.78. The minimum absolute atomic E-state index is 0.0607. The number of fused-ring (bicyclic) bond motifs is 1. The summed E-state index contributed by atoms with van der Waals surface area (Å²) in [5, 5.41) is 0. The predicted molar refractivity (Wildman–Crippen MR) is 111 cm³/mol. The summed E-state index contributed by atoms with van der Waals surface area (Å²) in [4.78, 5) is 27.6. The predicted octanol–water partition coefficient (Wildman–Crippen LogP) is 4.96. The lowest BCUT2D eigenvalue weighted by Crippen LogP contribution is -2.30. The Labute approximate surface area is 169 Å². The van der Waals surface area contributed by atoms with E-state index in [0.717, 1.165) is 23.4 Å². The van der Waals surface area contributed by atoms with Crippen molar-refractivity contribution in [3.63, 3.8) is 0 Å². The normalized spacial score (nSPS) is 13.1. The van der Waals surface area contributed by atoms with Gasteiger partial charge in [0.15, 0.2) is 11.5 Å². The summed E-state index contributed by atoms with van der Waals surface area (Å²) in [7, 11) is 1.61. The van der Waals surface area contributed by atoms with E-state index in [9.17, 15) is 9.59 Å². The molecule has 0 bridgehead atoms. The van der Waals surface area contributed by atoms with E-state index in [-0.39, 0.29) is 17.5 Å². The van der Waals surface area contributed by atoms with Crippen LogP contribution in [0.2, 0.25) is 0 Å². The average molecular weight is 389 g/mol. The smallest absolute Gasteiger partial charge is 0.294 e. The maximum Gasteiger partial charge on any atom is 0.294 e. The summed E-state index contributed by atoms with van der Waals surface area (Å²) in [5.41, 5.74) is 2.97. The number of carbonyl (C=O) groups excluding carboxylic acids is 2. The molecule has 5 nitrogen and oxygen atoms in total. The number of hydrogen-bond donors (Lipinski definition) is 0. The molecule has 0 N–H and O–H groups in total. The van der Waals surface area contributed by atoms with Crippen molar-refractivity contribution in [3.05, 3.63) is 82.8 Å². The molecule has 1 aliphatic rings. The highest BCUT2D eigenvalue weighted by Crippen LogP contribution is 2.32. The second-order valence-electron chi connectivity index (χ2n) is 7.21. The van der Waals surface area contributed by atoms with Gasteiger partial charge < -0.3 is 14.1 Å². The second kappa shape index (κ2) is 7.95. The molecule has 1 aliphatic carbocycles. The molecule has 5 heteroatoms. The lowest BCUT2D eigenvalue weighted by atomic mass is 9.94. The highest BCUT2D eigenvalue weighted by Gasteiger charge is 2.31. The third-order valence-corrected chi connectivity index (χ3v) is 5.31. The SMILES string of the molecule is COc1ccc(N(Cc2ccccc2)C(=O)c2oc3c(c2C)C(=O)CCC3)cc1. The van der Waals surface area contributed by atoms with Crippen LogP contribution in [0.5, 0.6) is 5.75 Å². The van der Waals surface area contributed by atoms with Crippen molar-refractivity contribution in [2.24, 2.45) is 0 Å². The number of benzene rings is 2. The van der Waals surface area contributed by atoms with Gasteiger partial charge in [-0.15, -0.1) is 0 Å². The van der Waals surface area contributed by atoms with Crippen molar-refractivity contribution in [3.8, 4) is 5.75 Å². The molecule has 1 aromatic heterocycles. The maximum atomic E-state index is 13.5. The zero-order valence-corrected chi connectivity index (χ0v) is 16.6. The van der Waals surface area contributed by atoms with E-state index in [4.69, 9.17) is 9.15 Å². The number of methoxy groups -OCH3 is 1. The van der Waals surface area contributed by atoms with Gasteiger partial charge >= 0.3 is 0 Å². The van der Waals surface area contributed by atoms with Gasteiger partial charge in [0, 0.05) is 24.1 Å². The van der Waals surface area contributed by atoms with Gasteiger partial charge in [-0.1, -0.05) is 30.3 Å². The third kappa shape index (κ3) is 3.68. The Morgan fingerprint density at radius 1 is 1.07 bits per heavy atom. The van der Waals surface area contributed by atoms with E-state index in [2.05, 4.69) is 0 Å². The minimum Gasteiger partial charge on any atom is -0.497 e. The molecule has 4 rings (SSSR count). The summed E-state index contributed by atoms with van der Waals surface area (Å²) in [6, 6.07) is 17.1. The summed E-state index contributed by atoms with van der Waals surface area (Å²) in [5.74, 6) is 1.41. The Balaban J connectivity index is 1.74. The van der Waals surface area contributed by atoms with Crippen LogP contribution < -0.4 is 9.64 Å². The monoisotopic (exact) mass is 389 g/mol. The summed E-state index contributed by atoms with van der Waals surface area (Å²) in [6.45, 7) is 2.19. The van der Waals surface area contributed by atoms with Crippen molar-refractivity contribution >= 4 is 17.4 Å². The van der Waals surface area contributed by atoms with E-state index >= 15 is 0 Å². The van der Waals surface area contributed by atoms with Gasteiger partial charge in [-0.2, -0.15) is 0 Å². The average Bonchev–Trinajstić information content (AvgIpc) is 3.10. The molecule has 2 aromatic carbocycles. The number of nitrogens with zero attached hydrogens (tertiary/aromatic N) is 1. The molecule has 0 fully saturated rings. The second-order valence-corrected chi connectivity index (χ2v) is 7.21. The number of Topliss-reactive ketones (excluding diaryl/α,β-unsaturated/α-hetero) is 1. The zero-order valence-electron chi connectivity index (χ0n) is 16.6. The number of aryl methyl sites for hydroxylation is 1. The van der Waals surface area contributed by atoms with Gasteiger partial charge in [-0.3, -0.25) is 9.59 Å². The number of furan rings is 1. The fourth-order valence-corrected chi connectivity index (χ4v) is 3.78. The molecule has 0 unspecified atom stereocenters. The number of anilines is 1. The fraction of sp³-hybridized carbons (Fsp3) is 0.250. The van der Waals surface area contributed by atoms with Crippen molar-refractivity contribution in [2.75, 3.05) is 12.0 Å². The first-order chi connectivity index (χ1) is 14.1. The minimum atomic E-state index is -0.251. The molecule has 1 heterocycles. The molecule has 0 saturated carbocycles. The number of hydrogen-bond acceptors (Lipinski definition) is 4. The molecule has 0 spiro atoms. The van der Waals surface area contributed by atoms with Crippen molar-refractivity contribution < 1.29 is 18.7 Å². The Morgan fingerprint density at radius 2 is 1.79 bits per heavy atom. The van der Waals surface area contributed by atoms with Crippen molar-refractivity contribution in [1.29, 1.82) is 0 Å². The van der Waals surface area contributed by atoms with Crippen LogP contribution in [-0.4, -0.2) is 18.8 Å². The molecular formula is C24H23NO4. The standard InChI is InChI=1S/C24H23NO4/c1-16-22-20(26)9-6-10-21(22)29-23(16)24(27)25(15-17-7-4-3-5-8-17)18-11-13-19(28-2)14-12-18/h3-5,7-8,11-14H,6,9-10,15H2,1-2H3. The van der Waals surface area contributed by atoms with Gasteiger partial charge in [0.25, 0.3) is 5.91 Å². The number of carbonyl (C=O) groups is 2. The van der Waals surface area contributed by atoms with E-state index in [1.807, 2.05) is 54.6 Å². The van der Waals surface area contributed by atoms with Crippen LogP contribution >= 0.6 is 0 Å². The van der Waals surface area contributed by atoms with Crippen LogP contribution in [0.25, 0.3) is 0 Å². The van der Waals surface area contributed by atoms with E-state index in [1.54, 1.807) is 18.9 Å². The lowest BCUT2D eigenvalue weighted by Gasteiger charge is -2.22. The van der Waals surface area contributed by atoms with Crippen LogP contribution in [0.1, 0.15) is 50.6 Å². The largest absolute Gasteiger partial charge is 0.497 e. The topological polar surface area (TPSA) is 59.8 Å². The van der Waals surface area contributed by atoms with Gasteiger partial charge in [-0.05, 0) is 43.2 Å². The van der Waals surface area contributed by atoms with Crippen LogP contribution in [0.15, 0.2) is 59.0 Å².